The first-order valence-corrected chi connectivity index (χ1v) is 9.28. The van der Waals surface area contributed by atoms with E-state index >= 15 is 0 Å². The van der Waals surface area contributed by atoms with Crippen molar-refractivity contribution in [2.24, 2.45) is 0 Å². The van der Waals surface area contributed by atoms with Gasteiger partial charge in [-0.25, -0.2) is 0 Å². The van der Waals surface area contributed by atoms with E-state index in [0.29, 0.717) is 34.9 Å². The number of amides is 3. The summed E-state index contributed by atoms with van der Waals surface area (Å²) in [6.45, 7) is 3.08. The molecule has 0 saturated carbocycles. The van der Waals surface area contributed by atoms with Crippen LogP contribution < -0.4 is 25.4 Å². The summed E-state index contributed by atoms with van der Waals surface area (Å²) in [4.78, 5) is 35.8. The van der Waals surface area contributed by atoms with Crippen LogP contribution in [-0.2, 0) is 14.4 Å². The van der Waals surface area contributed by atoms with Gasteiger partial charge in [-0.3, -0.25) is 14.4 Å². The van der Waals surface area contributed by atoms with Crippen molar-refractivity contribution in [2.45, 2.75) is 20.3 Å². The van der Waals surface area contributed by atoms with E-state index in [1.54, 1.807) is 49.4 Å². The molecule has 0 heterocycles. The van der Waals surface area contributed by atoms with E-state index in [4.69, 9.17) is 9.47 Å². The second-order valence-electron chi connectivity index (χ2n) is 6.29. The van der Waals surface area contributed by atoms with Gasteiger partial charge in [-0.05, 0) is 48.0 Å². The predicted octanol–water partition coefficient (Wildman–Crippen LogP) is 3.17. The second-order valence-corrected chi connectivity index (χ2v) is 6.29. The van der Waals surface area contributed by atoms with Gasteiger partial charge in [0.1, 0.15) is 5.70 Å². The second kappa shape index (κ2) is 10.7. The third kappa shape index (κ3) is 6.37. The lowest BCUT2D eigenvalue weighted by molar-refractivity contribution is -0.120. The van der Waals surface area contributed by atoms with Crippen LogP contribution in [0.2, 0.25) is 0 Å². The largest absolute Gasteiger partial charge is 0.493 e. The molecule has 8 heteroatoms. The highest BCUT2D eigenvalue weighted by Gasteiger charge is 2.13. The molecule has 0 fully saturated rings. The van der Waals surface area contributed by atoms with Crippen molar-refractivity contribution in [2.75, 3.05) is 24.9 Å². The molecule has 0 aliphatic carbocycles. The molecular weight excluding hydrogens is 386 g/mol. The van der Waals surface area contributed by atoms with Gasteiger partial charge in [-0.2, -0.15) is 0 Å². The minimum atomic E-state index is -0.495. The van der Waals surface area contributed by atoms with E-state index < -0.39 is 5.91 Å². The van der Waals surface area contributed by atoms with E-state index in [1.165, 1.54) is 27.2 Å². The molecule has 2 aromatic carbocycles. The van der Waals surface area contributed by atoms with Crippen molar-refractivity contribution in [1.82, 2.24) is 5.32 Å². The summed E-state index contributed by atoms with van der Waals surface area (Å²) >= 11 is 0. The molecule has 0 radical (unpaired) electrons. The lowest BCUT2D eigenvalue weighted by Crippen LogP contribution is -2.28. The average Bonchev–Trinajstić information content (AvgIpc) is 2.74. The highest BCUT2D eigenvalue weighted by molar-refractivity contribution is 6.08. The molecule has 8 nitrogen and oxygen atoms in total. The number of hydrogen-bond acceptors (Lipinski definition) is 5. The summed E-state index contributed by atoms with van der Waals surface area (Å²) in [7, 11) is 3.04. The summed E-state index contributed by atoms with van der Waals surface area (Å²) in [6.07, 6.45) is 1.91. The number of anilines is 2. The van der Waals surface area contributed by atoms with Gasteiger partial charge >= 0.3 is 0 Å². The molecule has 3 amide bonds. The number of hydrogen-bond donors (Lipinski definition) is 3. The molecule has 3 N–H and O–H groups in total. The van der Waals surface area contributed by atoms with Crippen molar-refractivity contribution in [1.29, 1.82) is 0 Å². The van der Waals surface area contributed by atoms with E-state index in [9.17, 15) is 14.4 Å². The number of methoxy groups -OCH3 is 2. The number of rotatable bonds is 8. The molecule has 158 valence electrons. The fourth-order valence-corrected chi connectivity index (χ4v) is 2.54. The molecule has 0 saturated heterocycles. The van der Waals surface area contributed by atoms with Gasteiger partial charge in [0.15, 0.2) is 11.5 Å². The number of ether oxygens (including phenoxy) is 2. The fraction of sp³-hybridized carbons (Fsp3) is 0.227. The average molecular weight is 411 g/mol. The van der Waals surface area contributed by atoms with Crippen LogP contribution in [-0.4, -0.2) is 31.9 Å². The van der Waals surface area contributed by atoms with Crippen molar-refractivity contribution in [3.63, 3.8) is 0 Å². The maximum atomic E-state index is 12.7. The van der Waals surface area contributed by atoms with Gasteiger partial charge < -0.3 is 25.4 Å². The van der Waals surface area contributed by atoms with Crippen LogP contribution >= 0.6 is 0 Å². The Labute approximate surface area is 175 Å². The summed E-state index contributed by atoms with van der Waals surface area (Å²) in [5, 5.41) is 8.00. The zero-order valence-electron chi connectivity index (χ0n) is 17.4. The zero-order chi connectivity index (χ0) is 22.1. The molecule has 0 aliphatic heterocycles. The molecule has 0 aromatic heterocycles. The normalized spacial score (nSPS) is 10.7. The van der Waals surface area contributed by atoms with Gasteiger partial charge in [0, 0.05) is 24.7 Å². The first kappa shape index (κ1) is 22.5. The first-order valence-electron chi connectivity index (χ1n) is 9.28. The van der Waals surface area contributed by atoms with Crippen LogP contribution in [0.25, 0.3) is 6.08 Å². The van der Waals surface area contributed by atoms with Crippen LogP contribution in [0.15, 0.2) is 48.2 Å². The highest BCUT2D eigenvalue weighted by Crippen LogP contribution is 2.28. The molecule has 0 unspecified atom stereocenters. The molecule has 0 atom stereocenters. The molecule has 2 rings (SSSR count). The van der Waals surface area contributed by atoms with E-state index in [-0.39, 0.29) is 17.5 Å². The predicted molar refractivity (Wildman–Crippen MR) is 115 cm³/mol. The lowest BCUT2D eigenvalue weighted by Gasteiger charge is -2.12. The maximum Gasteiger partial charge on any atom is 0.272 e. The third-order valence-electron chi connectivity index (χ3n) is 4.02. The highest BCUT2D eigenvalue weighted by atomic mass is 16.5. The van der Waals surface area contributed by atoms with Crippen molar-refractivity contribution in [3.8, 4) is 11.5 Å². The number of carbonyl (C=O) groups is 3. The summed E-state index contributed by atoms with van der Waals surface area (Å²) in [5.74, 6) is 0.0754. The SMILES string of the molecule is CCC(=O)Nc1ccc(NC(=O)/C(=C/c2ccc(OC)c(OC)c2)NC(C)=O)cc1. The van der Waals surface area contributed by atoms with Crippen LogP contribution in [0.1, 0.15) is 25.8 Å². The van der Waals surface area contributed by atoms with Gasteiger partial charge in [-0.15, -0.1) is 0 Å². The molecule has 0 spiro atoms. The van der Waals surface area contributed by atoms with Gasteiger partial charge in [0.05, 0.1) is 14.2 Å². The van der Waals surface area contributed by atoms with Crippen molar-refractivity contribution >= 4 is 35.2 Å². The molecule has 30 heavy (non-hydrogen) atoms. The van der Waals surface area contributed by atoms with E-state index in [1.807, 2.05) is 0 Å². The zero-order valence-corrected chi connectivity index (χ0v) is 17.4. The minimum Gasteiger partial charge on any atom is -0.493 e. The Morgan fingerprint density at radius 1 is 0.900 bits per heavy atom. The Hall–Kier alpha value is -3.81. The Kier molecular flexibility index (Phi) is 7.99. The number of benzene rings is 2. The number of carbonyl (C=O) groups excluding carboxylic acids is 3. The molecular formula is C22H25N3O5. The topological polar surface area (TPSA) is 106 Å². The van der Waals surface area contributed by atoms with Gasteiger partial charge in [0.25, 0.3) is 5.91 Å². The molecule has 0 bridgehead atoms. The van der Waals surface area contributed by atoms with Crippen LogP contribution in [0.5, 0.6) is 11.5 Å². The summed E-state index contributed by atoms with van der Waals surface area (Å²) < 4.78 is 10.5. The first-order chi connectivity index (χ1) is 14.4. The fourth-order valence-electron chi connectivity index (χ4n) is 2.54. The standard InChI is InChI=1S/C22H25N3O5/c1-5-21(27)24-16-7-9-17(10-8-16)25-22(28)18(23-14(2)26)12-15-6-11-19(29-3)20(13-15)30-4/h6-13H,5H2,1-4H3,(H,23,26)(H,24,27)(H,25,28)/b18-12-. The van der Waals surface area contributed by atoms with Crippen molar-refractivity contribution < 1.29 is 23.9 Å². The monoisotopic (exact) mass is 411 g/mol. The van der Waals surface area contributed by atoms with Gasteiger partial charge in [0.2, 0.25) is 11.8 Å². The van der Waals surface area contributed by atoms with Crippen LogP contribution in [0.3, 0.4) is 0 Å². The minimum absolute atomic E-state index is 0.0677. The summed E-state index contributed by atoms with van der Waals surface area (Å²) in [6, 6.07) is 11.8. The van der Waals surface area contributed by atoms with Crippen LogP contribution in [0, 0.1) is 0 Å². The Morgan fingerprint density at radius 2 is 1.50 bits per heavy atom. The quantitative estimate of drug-likeness (QED) is 0.579. The van der Waals surface area contributed by atoms with Crippen molar-refractivity contribution in [3.05, 3.63) is 53.7 Å². The Balaban J connectivity index is 2.22. The van der Waals surface area contributed by atoms with Crippen LogP contribution in [0.4, 0.5) is 11.4 Å². The van der Waals surface area contributed by atoms with E-state index in [0.717, 1.165) is 0 Å². The summed E-state index contributed by atoms with van der Waals surface area (Å²) in [5.41, 5.74) is 1.85. The Morgan fingerprint density at radius 3 is 2.03 bits per heavy atom. The maximum absolute atomic E-state index is 12.7. The smallest absolute Gasteiger partial charge is 0.272 e. The van der Waals surface area contributed by atoms with E-state index in [2.05, 4.69) is 16.0 Å². The van der Waals surface area contributed by atoms with Gasteiger partial charge in [-0.1, -0.05) is 13.0 Å². The molecule has 2 aromatic rings. The number of nitrogens with one attached hydrogen (secondary N) is 3. The Bertz CT molecular complexity index is 952. The third-order valence-corrected chi connectivity index (χ3v) is 4.02. The molecule has 0 aliphatic rings. The lowest BCUT2D eigenvalue weighted by atomic mass is 10.1.